The van der Waals surface area contributed by atoms with E-state index < -0.39 is 36.2 Å². The zero-order valence-electron chi connectivity index (χ0n) is 13.8. The molecule has 0 fully saturated rings. The van der Waals surface area contributed by atoms with Crippen molar-refractivity contribution in [2.24, 2.45) is 5.92 Å². The summed E-state index contributed by atoms with van der Waals surface area (Å²) >= 11 is 0. The van der Waals surface area contributed by atoms with E-state index in [1.54, 1.807) is 13.0 Å². The highest BCUT2D eigenvalue weighted by Crippen LogP contribution is 2.21. The van der Waals surface area contributed by atoms with Crippen molar-refractivity contribution in [1.29, 1.82) is 0 Å². The van der Waals surface area contributed by atoms with E-state index in [1.807, 2.05) is 6.08 Å². The number of esters is 2. The van der Waals surface area contributed by atoms with Gasteiger partial charge in [-0.1, -0.05) is 25.8 Å². The second-order valence-electron chi connectivity index (χ2n) is 5.91. The van der Waals surface area contributed by atoms with Crippen LogP contribution in [0.5, 0.6) is 0 Å². The summed E-state index contributed by atoms with van der Waals surface area (Å²) in [7, 11) is 0. The van der Waals surface area contributed by atoms with E-state index in [2.05, 4.69) is 6.92 Å². The lowest BCUT2D eigenvalue weighted by Crippen LogP contribution is -2.37. The van der Waals surface area contributed by atoms with Gasteiger partial charge in [-0.3, -0.25) is 9.59 Å². The van der Waals surface area contributed by atoms with Crippen molar-refractivity contribution in [2.45, 2.75) is 77.6 Å². The molecule has 0 bridgehead atoms. The minimum absolute atomic E-state index is 0.425. The van der Waals surface area contributed by atoms with Gasteiger partial charge in [0.1, 0.15) is 12.2 Å². The maximum atomic E-state index is 12.3. The number of cyclic esters (lactones) is 1. The number of unbranched alkanes of at least 4 members (excludes halogenated alkanes) is 2. The van der Waals surface area contributed by atoms with Crippen LogP contribution in [0.2, 0.25) is 0 Å². The molecule has 0 saturated carbocycles. The SMILES string of the molecule is CCCCC[C@H]1OC(=O)[C@H](C)[C@H](OC(C)=O)/C=C\CC[C@@H]1O. The summed E-state index contributed by atoms with van der Waals surface area (Å²) in [4.78, 5) is 23.4. The zero-order valence-corrected chi connectivity index (χ0v) is 13.8. The van der Waals surface area contributed by atoms with Gasteiger partial charge in [0.25, 0.3) is 0 Å². The molecule has 1 heterocycles. The van der Waals surface area contributed by atoms with Crippen molar-refractivity contribution in [3.05, 3.63) is 12.2 Å². The molecule has 0 amide bonds. The Hall–Kier alpha value is -1.36. The highest BCUT2D eigenvalue weighted by molar-refractivity contribution is 5.74. The highest BCUT2D eigenvalue weighted by Gasteiger charge is 2.31. The maximum Gasteiger partial charge on any atom is 0.313 e. The molecule has 1 N–H and O–H groups in total. The number of carbonyl (C=O) groups excluding carboxylic acids is 2. The number of allylic oxidation sites excluding steroid dienone is 1. The minimum Gasteiger partial charge on any atom is -0.459 e. The molecule has 0 aliphatic carbocycles. The van der Waals surface area contributed by atoms with Gasteiger partial charge < -0.3 is 14.6 Å². The molecule has 0 aromatic rings. The van der Waals surface area contributed by atoms with Crippen LogP contribution in [0.1, 0.15) is 59.3 Å². The minimum atomic E-state index is -0.650. The Morgan fingerprint density at radius 3 is 2.82 bits per heavy atom. The standard InChI is InChI=1S/C17H28O5/c1-4-5-6-11-16-14(19)9-7-8-10-15(21-13(3)18)12(2)17(20)22-16/h8,10,12,14-16,19H,4-7,9,11H2,1-3H3/b10-8-/t12-,14+,15-,16-/m1/s1. The van der Waals surface area contributed by atoms with Gasteiger partial charge in [0.05, 0.1) is 12.0 Å². The molecule has 0 aromatic carbocycles. The Balaban J connectivity index is 2.78. The third kappa shape index (κ3) is 6.18. The van der Waals surface area contributed by atoms with Gasteiger partial charge in [-0.15, -0.1) is 0 Å². The summed E-state index contributed by atoms with van der Waals surface area (Å²) in [5.74, 6) is -1.44. The lowest BCUT2D eigenvalue weighted by molar-refractivity contribution is -0.166. The van der Waals surface area contributed by atoms with Crippen LogP contribution >= 0.6 is 0 Å². The van der Waals surface area contributed by atoms with Gasteiger partial charge in [0.15, 0.2) is 0 Å². The smallest absolute Gasteiger partial charge is 0.313 e. The topological polar surface area (TPSA) is 72.8 Å². The van der Waals surface area contributed by atoms with Crippen molar-refractivity contribution in [1.82, 2.24) is 0 Å². The van der Waals surface area contributed by atoms with Crippen LogP contribution in [0.15, 0.2) is 12.2 Å². The number of aliphatic hydroxyl groups is 1. The average Bonchev–Trinajstić information content (AvgIpc) is 2.47. The van der Waals surface area contributed by atoms with E-state index in [0.717, 1.165) is 19.3 Å². The second kappa shape index (κ2) is 9.62. The molecule has 1 rings (SSSR count). The lowest BCUT2D eigenvalue weighted by Gasteiger charge is -2.27. The molecule has 5 heteroatoms. The van der Waals surface area contributed by atoms with Gasteiger partial charge in [-0.25, -0.2) is 0 Å². The Bertz CT molecular complexity index is 391. The fourth-order valence-corrected chi connectivity index (χ4v) is 2.50. The molecule has 4 atom stereocenters. The lowest BCUT2D eigenvalue weighted by atomic mass is 9.98. The first-order chi connectivity index (χ1) is 10.5. The summed E-state index contributed by atoms with van der Waals surface area (Å²) in [6, 6.07) is 0. The summed E-state index contributed by atoms with van der Waals surface area (Å²) < 4.78 is 10.7. The van der Waals surface area contributed by atoms with Crippen molar-refractivity contribution >= 4 is 11.9 Å². The molecular weight excluding hydrogens is 284 g/mol. The van der Waals surface area contributed by atoms with Crippen molar-refractivity contribution < 1.29 is 24.2 Å². The molecule has 1 aliphatic heterocycles. The normalized spacial score (nSPS) is 31.2. The van der Waals surface area contributed by atoms with Crippen molar-refractivity contribution in [3.8, 4) is 0 Å². The highest BCUT2D eigenvalue weighted by atomic mass is 16.6. The van der Waals surface area contributed by atoms with Crippen LogP contribution in [0.4, 0.5) is 0 Å². The molecule has 0 radical (unpaired) electrons. The van der Waals surface area contributed by atoms with Crippen LogP contribution in [-0.2, 0) is 19.1 Å². The molecular formula is C17H28O5. The summed E-state index contributed by atoms with van der Waals surface area (Å²) in [6.07, 6.45) is 6.71. The van der Waals surface area contributed by atoms with Crippen LogP contribution in [-0.4, -0.2) is 35.4 Å². The third-order valence-electron chi connectivity index (χ3n) is 3.91. The fourth-order valence-electron chi connectivity index (χ4n) is 2.50. The predicted molar refractivity (Wildman–Crippen MR) is 83.1 cm³/mol. The van der Waals surface area contributed by atoms with Gasteiger partial charge in [0.2, 0.25) is 0 Å². The predicted octanol–water partition coefficient (Wildman–Crippen LogP) is 2.76. The zero-order chi connectivity index (χ0) is 16.5. The molecule has 22 heavy (non-hydrogen) atoms. The number of aliphatic hydroxyl groups excluding tert-OH is 1. The Morgan fingerprint density at radius 2 is 2.18 bits per heavy atom. The van der Waals surface area contributed by atoms with Crippen molar-refractivity contribution in [3.63, 3.8) is 0 Å². The molecule has 0 spiro atoms. The fraction of sp³-hybridized carbons (Fsp3) is 0.765. The number of ether oxygens (including phenoxy) is 2. The van der Waals surface area contributed by atoms with E-state index in [1.165, 1.54) is 6.92 Å². The maximum absolute atomic E-state index is 12.3. The summed E-state index contributed by atoms with van der Waals surface area (Å²) in [6.45, 7) is 5.10. The first kappa shape index (κ1) is 18.7. The molecule has 1 aliphatic rings. The first-order valence-corrected chi connectivity index (χ1v) is 8.18. The van der Waals surface area contributed by atoms with Crippen LogP contribution < -0.4 is 0 Å². The van der Waals surface area contributed by atoms with Gasteiger partial charge in [0, 0.05) is 6.92 Å². The second-order valence-corrected chi connectivity index (χ2v) is 5.91. The van der Waals surface area contributed by atoms with Gasteiger partial charge in [-0.05, 0) is 38.7 Å². The number of carbonyl (C=O) groups is 2. The van der Waals surface area contributed by atoms with E-state index in [4.69, 9.17) is 9.47 Å². The molecule has 0 aromatic heterocycles. The molecule has 5 nitrogen and oxygen atoms in total. The quantitative estimate of drug-likeness (QED) is 0.480. The molecule has 126 valence electrons. The monoisotopic (exact) mass is 312 g/mol. The van der Waals surface area contributed by atoms with Gasteiger partial charge >= 0.3 is 11.9 Å². The summed E-state index contributed by atoms with van der Waals surface area (Å²) in [5.41, 5.74) is 0. The third-order valence-corrected chi connectivity index (χ3v) is 3.91. The summed E-state index contributed by atoms with van der Waals surface area (Å²) in [5, 5.41) is 10.2. The average molecular weight is 312 g/mol. The van der Waals surface area contributed by atoms with E-state index >= 15 is 0 Å². The Morgan fingerprint density at radius 1 is 1.45 bits per heavy atom. The number of hydrogen-bond donors (Lipinski definition) is 1. The Kier molecular flexibility index (Phi) is 8.17. The van der Waals surface area contributed by atoms with E-state index in [-0.39, 0.29) is 0 Å². The molecule has 0 saturated heterocycles. The number of rotatable bonds is 5. The van der Waals surface area contributed by atoms with Crippen LogP contribution in [0.3, 0.4) is 0 Å². The van der Waals surface area contributed by atoms with E-state index in [0.29, 0.717) is 19.3 Å². The largest absolute Gasteiger partial charge is 0.459 e. The van der Waals surface area contributed by atoms with Gasteiger partial charge in [-0.2, -0.15) is 0 Å². The van der Waals surface area contributed by atoms with Crippen LogP contribution in [0.25, 0.3) is 0 Å². The molecule has 0 unspecified atom stereocenters. The first-order valence-electron chi connectivity index (χ1n) is 8.18. The number of hydrogen-bond acceptors (Lipinski definition) is 5. The van der Waals surface area contributed by atoms with E-state index in [9.17, 15) is 14.7 Å². The Labute approximate surface area is 132 Å². The van der Waals surface area contributed by atoms with Crippen LogP contribution in [0, 0.1) is 5.92 Å². The van der Waals surface area contributed by atoms with Crippen molar-refractivity contribution in [2.75, 3.05) is 0 Å².